The van der Waals surface area contributed by atoms with Crippen molar-refractivity contribution in [1.82, 2.24) is 15.1 Å². The fourth-order valence-electron chi connectivity index (χ4n) is 3.22. The summed E-state index contributed by atoms with van der Waals surface area (Å²) in [6.07, 6.45) is 2.42. The molecule has 1 aliphatic rings. The molecule has 0 aliphatic carbocycles. The van der Waals surface area contributed by atoms with Gasteiger partial charge in [0.05, 0.1) is 7.11 Å². The lowest BCUT2D eigenvalue weighted by Gasteiger charge is -2.35. The number of carbonyl (C=O) groups excluding carboxylic acids is 1. The average molecular weight is 333 g/mol. The van der Waals surface area contributed by atoms with E-state index in [9.17, 15) is 4.79 Å². The summed E-state index contributed by atoms with van der Waals surface area (Å²) in [7, 11) is 3.48. The van der Waals surface area contributed by atoms with Crippen LogP contribution in [0.4, 0.5) is 4.79 Å². The third-order valence-electron chi connectivity index (χ3n) is 4.72. The maximum Gasteiger partial charge on any atom is 0.317 e. The van der Waals surface area contributed by atoms with E-state index in [0.717, 1.165) is 24.4 Å². The number of nitrogens with zero attached hydrogens (tertiary/aromatic N) is 2. The van der Waals surface area contributed by atoms with E-state index in [-0.39, 0.29) is 6.03 Å². The highest BCUT2D eigenvalue weighted by atomic mass is 16.5. The lowest BCUT2D eigenvalue weighted by molar-refractivity contribution is 0.137. The lowest BCUT2D eigenvalue weighted by Crippen LogP contribution is -2.45. The van der Waals surface area contributed by atoms with E-state index in [4.69, 9.17) is 4.74 Å². The first-order valence-corrected chi connectivity index (χ1v) is 8.85. The number of hydrogen-bond acceptors (Lipinski definition) is 3. The molecule has 1 atom stereocenters. The maximum atomic E-state index is 12.3. The first-order chi connectivity index (χ1) is 11.5. The highest BCUT2D eigenvalue weighted by molar-refractivity contribution is 5.73. The van der Waals surface area contributed by atoms with Gasteiger partial charge in [-0.3, -0.25) is 0 Å². The zero-order chi connectivity index (χ0) is 17.5. The quantitative estimate of drug-likeness (QED) is 0.870. The van der Waals surface area contributed by atoms with Crippen molar-refractivity contribution in [1.29, 1.82) is 0 Å². The first-order valence-electron chi connectivity index (χ1n) is 8.85. The van der Waals surface area contributed by atoms with Crippen molar-refractivity contribution >= 4 is 6.03 Å². The van der Waals surface area contributed by atoms with Crippen LogP contribution < -0.4 is 10.1 Å². The van der Waals surface area contributed by atoms with Crippen LogP contribution in [0.15, 0.2) is 24.3 Å². The molecular formula is C19H31N3O2. The minimum atomic E-state index is -0.0144. The van der Waals surface area contributed by atoms with Gasteiger partial charge in [0, 0.05) is 32.7 Å². The monoisotopic (exact) mass is 333 g/mol. The number of nitrogens with one attached hydrogen (secondary N) is 1. The minimum absolute atomic E-state index is 0.0144. The third-order valence-corrected chi connectivity index (χ3v) is 4.72. The second-order valence-corrected chi connectivity index (χ2v) is 6.99. The molecule has 1 unspecified atom stereocenters. The molecule has 1 saturated heterocycles. The summed E-state index contributed by atoms with van der Waals surface area (Å²) < 4.78 is 5.23. The van der Waals surface area contributed by atoms with Gasteiger partial charge < -0.3 is 19.9 Å². The molecule has 5 nitrogen and oxygen atoms in total. The van der Waals surface area contributed by atoms with Gasteiger partial charge in [0.2, 0.25) is 0 Å². The molecule has 0 saturated carbocycles. The maximum absolute atomic E-state index is 12.3. The zero-order valence-corrected chi connectivity index (χ0v) is 15.4. The second kappa shape index (κ2) is 8.92. The Morgan fingerprint density at radius 2 is 2.25 bits per heavy atom. The summed E-state index contributed by atoms with van der Waals surface area (Å²) in [6, 6.07) is 8.40. The summed E-state index contributed by atoms with van der Waals surface area (Å²) >= 11 is 0. The number of piperidine rings is 1. The van der Waals surface area contributed by atoms with Crippen molar-refractivity contribution in [3.8, 4) is 5.75 Å². The number of likely N-dealkylation sites (tertiary alicyclic amines) is 1. The van der Waals surface area contributed by atoms with Crippen LogP contribution in [0.25, 0.3) is 0 Å². The summed E-state index contributed by atoms with van der Waals surface area (Å²) in [5.41, 5.74) is 1.07. The zero-order valence-electron chi connectivity index (χ0n) is 15.4. The molecule has 1 heterocycles. The van der Waals surface area contributed by atoms with Crippen LogP contribution in [0.3, 0.4) is 0 Å². The van der Waals surface area contributed by atoms with Gasteiger partial charge in [-0.25, -0.2) is 4.79 Å². The van der Waals surface area contributed by atoms with E-state index < -0.39 is 0 Å². The molecule has 0 radical (unpaired) electrons. The van der Waals surface area contributed by atoms with E-state index >= 15 is 0 Å². The Balaban J connectivity index is 1.79. The van der Waals surface area contributed by atoms with Gasteiger partial charge in [0.1, 0.15) is 5.75 Å². The number of amides is 2. The van der Waals surface area contributed by atoms with Crippen LogP contribution in [0.5, 0.6) is 5.75 Å². The largest absolute Gasteiger partial charge is 0.497 e. The van der Waals surface area contributed by atoms with Crippen molar-refractivity contribution in [2.24, 2.45) is 5.92 Å². The van der Waals surface area contributed by atoms with Gasteiger partial charge in [0.25, 0.3) is 0 Å². The number of rotatable bonds is 6. The Bertz CT molecular complexity index is 533. The Hall–Kier alpha value is -1.75. The van der Waals surface area contributed by atoms with E-state index in [1.54, 1.807) is 12.0 Å². The molecule has 134 valence electrons. The third kappa shape index (κ3) is 5.41. The van der Waals surface area contributed by atoms with Crippen molar-refractivity contribution < 1.29 is 9.53 Å². The summed E-state index contributed by atoms with van der Waals surface area (Å²) in [6.45, 7) is 8.07. The van der Waals surface area contributed by atoms with Crippen molar-refractivity contribution in [2.45, 2.75) is 39.3 Å². The van der Waals surface area contributed by atoms with Gasteiger partial charge in [-0.2, -0.15) is 0 Å². The van der Waals surface area contributed by atoms with Crippen LogP contribution in [0.1, 0.15) is 32.3 Å². The van der Waals surface area contributed by atoms with Gasteiger partial charge in [-0.05, 0) is 56.8 Å². The predicted molar refractivity (Wildman–Crippen MR) is 97.3 cm³/mol. The fourth-order valence-corrected chi connectivity index (χ4v) is 3.22. The van der Waals surface area contributed by atoms with Gasteiger partial charge >= 0.3 is 6.03 Å². The standard InChI is InChI=1S/C19H31N3O2/c1-15(2)22-10-6-8-17(14-22)12-20-19(23)21(3)13-16-7-5-9-18(11-16)24-4/h5,7,9,11,15,17H,6,8,10,12-14H2,1-4H3,(H,20,23). The van der Waals surface area contributed by atoms with Crippen molar-refractivity contribution in [2.75, 3.05) is 33.8 Å². The first kappa shape index (κ1) is 18.6. The topological polar surface area (TPSA) is 44.8 Å². The average Bonchev–Trinajstić information content (AvgIpc) is 2.60. The smallest absolute Gasteiger partial charge is 0.317 e. The molecule has 1 aromatic rings. The number of benzene rings is 1. The van der Waals surface area contributed by atoms with E-state index in [2.05, 4.69) is 24.1 Å². The number of carbonyl (C=O) groups is 1. The van der Waals surface area contributed by atoms with Crippen LogP contribution in [-0.2, 0) is 6.54 Å². The number of urea groups is 1. The van der Waals surface area contributed by atoms with Gasteiger partial charge in [-0.1, -0.05) is 12.1 Å². The number of hydrogen-bond donors (Lipinski definition) is 1. The summed E-state index contributed by atoms with van der Waals surface area (Å²) in [5, 5.41) is 3.09. The van der Waals surface area contributed by atoms with E-state index in [1.807, 2.05) is 31.3 Å². The second-order valence-electron chi connectivity index (χ2n) is 6.99. The molecule has 2 rings (SSSR count). The van der Waals surface area contributed by atoms with Gasteiger partial charge in [-0.15, -0.1) is 0 Å². The molecule has 24 heavy (non-hydrogen) atoms. The summed E-state index contributed by atoms with van der Waals surface area (Å²) in [4.78, 5) is 16.6. The minimum Gasteiger partial charge on any atom is -0.497 e. The fraction of sp³-hybridized carbons (Fsp3) is 0.632. The van der Waals surface area contributed by atoms with Crippen molar-refractivity contribution in [3.63, 3.8) is 0 Å². The Morgan fingerprint density at radius 3 is 2.96 bits per heavy atom. The predicted octanol–water partition coefficient (Wildman–Crippen LogP) is 2.96. The lowest BCUT2D eigenvalue weighted by atomic mass is 9.97. The molecule has 0 aromatic heterocycles. The van der Waals surface area contributed by atoms with Gasteiger partial charge in [0.15, 0.2) is 0 Å². The van der Waals surface area contributed by atoms with Crippen LogP contribution >= 0.6 is 0 Å². The van der Waals surface area contributed by atoms with E-state index in [0.29, 0.717) is 18.5 Å². The van der Waals surface area contributed by atoms with Crippen molar-refractivity contribution in [3.05, 3.63) is 29.8 Å². The molecule has 1 fully saturated rings. The molecular weight excluding hydrogens is 302 g/mol. The molecule has 0 bridgehead atoms. The van der Waals surface area contributed by atoms with E-state index in [1.165, 1.54) is 19.4 Å². The SMILES string of the molecule is COc1cccc(CN(C)C(=O)NCC2CCCN(C(C)C)C2)c1. The van der Waals surface area contributed by atoms with Crippen LogP contribution in [0.2, 0.25) is 0 Å². The number of methoxy groups -OCH3 is 1. The summed E-state index contributed by atoms with van der Waals surface area (Å²) in [5.74, 6) is 1.37. The molecule has 1 aromatic carbocycles. The Labute approximate surface area is 146 Å². The highest BCUT2D eigenvalue weighted by Crippen LogP contribution is 2.18. The van der Waals surface area contributed by atoms with Crippen LogP contribution in [0, 0.1) is 5.92 Å². The normalized spacial score (nSPS) is 18.5. The molecule has 1 aliphatic heterocycles. The number of ether oxygens (including phenoxy) is 1. The highest BCUT2D eigenvalue weighted by Gasteiger charge is 2.22. The van der Waals surface area contributed by atoms with Crippen LogP contribution in [-0.4, -0.2) is 55.7 Å². The molecule has 1 N–H and O–H groups in total. The molecule has 0 spiro atoms. The molecule has 2 amide bonds. The Morgan fingerprint density at radius 1 is 1.46 bits per heavy atom. The molecule has 5 heteroatoms. The Kier molecular flexibility index (Phi) is 6.91.